The summed E-state index contributed by atoms with van der Waals surface area (Å²) in [7, 11) is -0.220. The second-order valence-electron chi connectivity index (χ2n) is 5.93. The van der Waals surface area contributed by atoms with Crippen molar-refractivity contribution in [2.45, 2.75) is 4.90 Å². The molecule has 1 amide bonds. The van der Waals surface area contributed by atoms with Gasteiger partial charge in [-0.3, -0.25) is 9.59 Å². The minimum atomic E-state index is -3.99. The van der Waals surface area contributed by atoms with Gasteiger partial charge in [-0.15, -0.1) is 0 Å². The Hall–Kier alpha value is -2.98. The van der Waals surface area contributed by atoms with Gasteiger partial charge in [0.05, 0.1) is 4.90 Å². The predicted octanol–water partition coefficient (Wildman–Crippen LogP) is 1.35. The zero-order valence-electron chi connectivity index (χ0n) is 15.3. The molecule has 0 aliphatic carbocycles. The number of nitrogens with zero attached hydrogens (tertiary/aromatic N) is 1. The minimum Gasteiger partial charge on any atom is -0.455 e. The quantitative estimate of drug-likeness (QED) is 0.638. The van der Waals surface area contributed by atoms with Crippen molar-refractivity contribution in [1.82, 2.24) is 4.72 Å². The van der Waals surface area contributed by atoms with Crippen molar-refractivity contribution < 1.29 is 27.1 Å². The van der Waals surface area contributed by atoms with Gasteiger partial charge in [0.1, 0.15) is 12.4 Å². The smallest absolute Gasteiger partial charge is 0.321 e. The summed E-state index contributed by atoms with van der Waals surface area (Å²) in [4.78, 5) is 25.2. The number of esters is 1. The molecule has 8 nitrogen and oxygen atoms in total. The molecule has 0 aliphatic heterocycles. The summed E-state index contributed by atoms with van der Waals surface area (Å²) in [5.41, 5.74) is 1.49. The SMILES string of the molecule is CN(C)c1ccc(NC(=O)COC(=O)CNS(=O)(=O)c2ccc(F)cc2)cc1. The van der Waals surface area contributed by atoms with E-state index in [0.717, 1.165) is 30.0 Å². The van der Waals surface area contributed by atoms with Gasteiger partial charge in [0.2, 0.25) is 10.0 Å². The summed E-state index contributed by atoms with van der Waals surface area (Å²) in [5.74, 6) is -2.07. The average molecular weight is 409 g/mol. The second kappa shape index (κ2) is 9.29. The third-order valence-electron chi connectivity index (χ3n) is 3.56. The predicted molar refractivity (Wildman–Crippen MR) is 102 cm³/mol. The summed E-state index contributed by atoms with van der Waals surface area (Å²) in [6.07, 6.45) is 0. The van der Waals surface area contributed by atoms with Gasteiger partial charge in [-0.2, -0.15) is 4.72 Å². The molecule has 2 N–H and O–H groups in total. The number of anilines is 2. The first-order valence-corrected chi connectivity index (χ1v) is 9.64. The van der Waals surface area contributed by atoms with E-state index in [-0.39, 0.29) is 4.90 Å². The summed E-state index contributed by atoms with van der Waals surface area (Å²) < 4.78 is 43.6. The Morgan fingerprint density at radius 2 is 1.64 bits per heavy atom. The molecule has 0 aliphatic rings. The molecular formula is C18H20FN3O5S. The van der Waals surface area contributed by atoms with E-state index in [0.29, 0.717) is 5.69 Å². The van der Waals surface area contributed by atoms with Crippen molar-refractivity contribution >= 4 is 33.3 Å². The first-order chi connectivity index (χ1) is 13.2. The van der Waals surface area contributed by atoms with E-state index in [2.05, 4.69) is 5.32 Å². The molecule has 150 valence electrons. The molecule has 0 fully saturated rings. The van der Waals surface area contributed by atoms with Gasteiger partial charge in [-0.05, 0) is 48.5 Å². The number of rotatable bonds is 8. The van der Waals surface area contributed by atoms with Crippen LogP contribution in [0.2, 0.25) is 0 Å². The fourth-order valence-corrected chi connectivity index (χ4v) is 3.06. The lowest BCUT2D eigenvalue weighted by Crippen LogP contribution is -2.32. The topological polar surface area (TPSA) is 105 Å². The van der Waals surface area contributed by atoms with Crippen molar-refractivity contribution in [2.24, 2.45) is 0 Å². The minimum absolute atomic E-state index is 0.194. The fourth-order valence-electron chi connectivity index (χ4n) is 2.09. The standard InChI is InChI=1S/C18H20FN3O5S/c1-22(2)15-7-5-14(6-8-15)21-17(23)12-27-18(24)11-20-28(25,26)16-9-3-13(19)4-10-16/h3-10,20H,11-12H2,1-2H3,(H,21,23). The molecule has 10 heteroatoms. The highest BCUT2D eigenvalue weighted by molar-refractivity contribution is 7.89. The summed E-state index contributed by atoms with van der Waals surface area (Å²) in [5, 5.41) is 2.56. The van der Waals surface area contributed by atoms with Crippen molar-refractivity contribution in [3.05, 3.63) is 54.3 Å². The number of amides is 1. The van der Waals surface area contributed by atoms with Gasteiger partial charge in [0.15, 0.2) is 6.61 Å². The van der Waals surface area contributed by atoms with Crippen LogP contribution in [0.4, 0.5) is 15.8 Å². The maximum atomic E-state index is 12.8. The van der Waals surface area contributed by atoms with Crippen LogP contribution in [0.1, 0.15) is 0 Å². The van der Waals surface area contributed by atoms with E-state index in [1.54, 1.807) is 12.1 Å². The Kier molecular flexibility index (Phi) is 7.07. The highest BCUT2D eigenvalue weighted by Gasteiger charge is 2.16. The number of carbonyl (C=O) groups excluding carboxylic acids is 2. The number of ether oxygens (including phenoxy) is 1. The number of hydrogen-bond acceptors (Lipinski definition) is 6. The second-order valence-corrected chi connectivity index (χ2v) is 7.70. The molecule has 0 radical (unpaired) electrons. The Morgan fingerprint density at radius 3 is 2.21 bits per heavy atom. The van der Waals surface area contributed by atoms with Crippen LogP contribution < -0.4 is 14.9 Å². The van der Waals surface area contributed by atoms with Crippen LogP contribution in [0.3, 0.4) is 0 Å². The lowest BCUT2D eigenvalue weighted by molar-refractivity contribution is -0.146. The first-order valence-electron chi connectivity index (χ1n) is 8.15. The Morgan fingerprint density at radius 1 is 1.04 bits per heavy atom. The van der Waals surface area contributed by atoms with Crippen molar-refractivity contribution in [3.63, 3.8) is 0 Å². The maximum absolute atomic E-state index is 12.8. The number of benzene rings is 2. The molecule has 0 spiro atoms. The van der Waals surface area contributed by atoms with Crippen LogP contribution in [0.25, 0.3) is 0 Å². The van der Waals surface area contributed by atoms with Crippen molar-refractivity contribution in [1.29, 1.82) is 0 Å². The summed E-state index contributed by atoms with van der Waals surface area (Å²) >= 11 is 0. The van der Waals surface area contributed by atoms with E-state index in [1.165, 1.54) is 0 Å². The highest BCUT2D eigenvalue weighted by atomic mass is 32.2. The number of sulfonamides is 1. The fraction of sp³-hybridized carbons (Fsp3) is 0.222. The summed E-state index contributed by atoms with van der Waals surface area (Å²) in [6, 6.07) is 11.1. The number of hydrogen-bond donors (Lipinski definition) is 2. The van der Waals surface area contributed by atoms with Crippen molar-refractivity contribution in [3.8, 4) is 0 Å². The lowest BCUT2D eigenvalue weighted by atomic mass is 10.2. The van der Waals surface area contributed by atoms with Gasteiger partial charge in [-0.1, -0.05) is 0 Å². The number of halogens is 1. The van der Waals surface area contributed by atoms with Crippen LogP contribution in [-0.4, -0.2) is 47.5 Å². The molecule has 0 unspecified atom stereocenters. The van der Waals surface area contributed by atoms with E-state index in [4.69, 9.17) is 4.74 Å². The third kappa shape index (κ3) is 6.32. The monoisotopic (exact) mass is 409 g/mol. The summed E-state index contributed by atoms with van der Waals surface area (Å²) in [6.45, 7) is -1.23. The molecule has 2 aromatic carbocycles. The molecule has 28 heavy (non-hydrogen) atoms. The molecule has 0 aromatic heterocycles. The molecule has 0 bridgehead atoms. The van der Waals surface area contributed by atoms with Crippen LogP contribution in [0.5, 0.6) is 0 Å². The molecule has 0 heterocycles. The van der Waals surface area contributed by atoms with E-state index in [1.807, 2.05) is 35.9 Å². The molecule has 0 saturated carbocycles. The van der Waals surface area contributed by atoms with Crippen LogP contribution in [0.15, 0.2) is 53.4 Å². The van der Waals surface area contributed by atoms with Gasteiger partial charge < -0.3 is 15.0 Å². The molecule has 2 aromatic rings. The van der Waals surface area contributed by atoms with Crippen LogP contribution in [-0.2, 0) is 24.3 Å². The third-order valence-corrected chi connectivity index (χ3v) is 4.98. The lowest BCUT2D eigenvalue weighted by Gasteiger charge is -2.13. The number of nitrogens with one attached hydrogen (secondary N) is 2. The number of carbonyl (C=O) groups is 2. The molecular weight excluding hydrogens is 389 g/mol. The van der Waals surface area contributed by atoms with Gasteiger partial charge in [-0.25, -0.2) is 12.8 Å². The zero-order chi connectivity index (χ0) is 20.7. The van der Waals surface area contributed by atoms with Crippen LogP contribution in [0, 0.1) is 5.82 Å². The largest absolute Gasteiger partial charge is 0.455 e. The average Bonchev–Trinajstić information content (AvgIpc) is 2.65. The van der Waals surface area contributed by atoms with Gasteiger partial charge in [0, 0.05) is 25.5 Å². The van der Waals surface area contributed by atoms with E-state index >= 15 is 0 Å². The normalized spacial score (nSPS) is 11.0. The van der Waals surface area contributed by atoms with E-state index < -0.39 is 40.9 Å². The molecule has 2 rings (SSSR count). The molecule has 0 atom stereocenters. The van der Waals surface area contributed by atoms with Gasteiger partial charge in [0.25, 0.3) is 5.91 Å². The zero-order valence-corrected chi connectivity index (χ0v) is 16.1. The first kappa shape index (κ1) is 21.3. The highest BCUT2D eigenvalue weighted by Crippen LogP contribution is 2.15. The van der Waals surface area contributed by atoms with E-state index in [9.17, 15) is 22.4 Å². The Labute approximate surface area is 162 Å². The van der Waals surface area contributed by atoms with Gasteiger partial charge >= 0.3 is 5.97 Å². The van der Waals surface area contributed by atoms with Crippen LogP contribution >= 0.6 is 0 Å². The van der Waals surface area contributed by atoms with Crippen molar-refractivity contribution in [2.75, 3.05) is 37.5 Å². The maximum Gasteiger partial charge on any atom is 0.321 e. The Bertz CT molecular complexity index is 929. The Balaban J connectivity index is 1.78. The molecule has 0 saturated heterocycles.